The summed E-state index contributed by atoms with van der Waals surface area (Å²) in [6.45, 7) is -0.294. The largest absolute Gasteiger partial charge is 0.480 e. The normalized spacial score (nSPS) is 14.4. The van der Waals surface area contributed by atoms with Crippen molar-refractivity contribution >= 4 is 78.6 Å². The highest BCUT2D eigenvalue weighted by Gasteiger charge is 2.28. The minimum Gasteiger partial charge on any atom is -0.480 e. The standard InChI is InChI=1S/C29H20N2O4S2/c32-26(33)16-30-22-14-12-18-6-1-3-8-20(18)28(22)36-24(30)10-5-11-25-31(17-27(34)35)23-15-13-19-7-2-4-9-21(19)29(23)37-25/h1-15H,16-17H2,(H-,32,33,34,35)/p+1. The van der Waals surface area contributed by atoms with Crippen LogP contribution < -0.4 is 9.47 Å². The molecule has 6 nitrogen and oxygen atoms in total. The summed E-state index contributed by atoms with van der Waals surface area (Å²) in [7, 11) is 0. The lowest BCUT2D eigenvalue weighted by molar-refractivity contribution is -0.657. The smallest absolute Gasteiger partial charge is 0.370 e. The highest BCUT2D eigenvalue weighted by Crippen LogP contribution is 2.49. The molecule has 182 valence electrons. The third kappa shape index (κ3) is 4.24. The number of hydrogen-bond donors (Lipinski definition) is 2. The zero-order valence-corrected chi connectivity index (χ0v) is 21.1. The van der Waals surface area contributed by atoms with E-state index in [9.17, 15) is 19.8 Å². The Kier molecular flexibility index (Phi) is 5.90. The quantitative estimate of drug-likeness (QED) is 0.260. The second-order valence-electron chi connectivity index (χ2n) is 8.64. The van der Waals surface area contributed by atoms with Crippen molar-refractivity contribution in [1.82, 2.24) is 0 Å². The van der Waals surface area contributed by atoms with Gasteiger partial charge in [0.2, 0.25) is 12.1 Å². The number of nitrogens with zero attached hydrogens (tertiary/aromatic N) is 2. The number of aromatic nitrogens is 1. The van der Waals surface area contributed by atoms with Gasteiger partial charge < -0.3 is 15.1 Å². The number of thioether (sulfide) groups is 1. The van der Waals surface area contributed by atoms with E-state index in [-0.39, 0.29) is 13.1 Å². The van der Waals surface area contributed by atoms with Crippen molar-refractivity contribution in [2.24, 2.45) is 0 Å². The highest BCUT2D eigenvalue weighted by atomic mass is 32.2. The third-order valence-electron chi connectivity index (χ3n) is 6.31. The van der Waals surface area contributed by atoms with Crippen LogP contribution in [-0.4, -0.2) is 28.7 Å². The van der Waals surface area contributed by atoms with Crippen LogP contribution in [0, 0.1) is 0 Å². The first kappa shape index (κ1) is 23.3. The van der Waals surface area contributed by atoms with Crippen molar-refractivity contribution in [1.29, 1.82) is 0 Å². The fourth-order valence-corrected chi connectivity index (χ4v) is 7.13. The van der Waals surface area contributed by atoms with E-state index in [1.165, 1.54) is 0 Å². The Balaban J connectivity index is 1.42. The van der Waals surface area contributed by atoms with Crippen molar-refractivity contribution in [3.63, 3.8) is 0 Å². The van der Waals surface area contributed by atoms with Gasteiger partial charge in [-0.2, -0.15) is 4.57 Å². The molecule has 1 aliphatic rings. The molecular formula is C29H21N2O4S2+. The van der Waals surface area contributed by atoms with Crippen LogP contribution in [0.25, 0.3) is 37.8 Å². The molecule has 0 unspecified atom stereocenters. The molecule has 0 amide bonds. The summed E-state index contributed by atoms with van der Waals surface area (Å²) < 4.78 is 2.84. The molecule has 4 aromatic carbocycles. The molecule has 2 N–H and O–H groups in total. The number of thiazole rings is 1. The number of carboxylic acid groups (broad SMARTS) is 2. The molecule has 0 bridgehead atoms. The fourth-order valence-electron chi connectivity index (χ4n) is 4.72. The Bertz CT molecular complexity index is 1790. The summed E-state index contributed by atoms with van der Waals surface area (Å²) in [6.07, 6.45) is 5.67. The molecule has 0 saturated heterocycles. The Hall–Kier alpha value is -4.14. The summed E-state index contributed by atoms with van der Waals surface area (Å²) in [5, 5.41) is 25.1. The molecule has 0 atom stereocenters. The van der Waals surface area contributed by atoms with Crippen molar-refractivity contribution in [3.8, 4) is 0 Å². The summed E-state index contributed by atoms with van der Waals surface area (Å²) in [6, 6.07) is 24.1. The van der Waals surface area contributed by atoms with Crippen molar-refractivity contribution in [3.05, 3.63) is 95.0 Å². The van der Waals surface area contributed by atoms with E-state index in [1.807, 2.05) is 88.4 Å². The monoisotopic (exact) mass is 525 g/mol. The van der Waals surface area contributed by atoms with Gasteiger partial charge in [0, 0.05) is 22.4 Å². The molecule has 1 aliphatic heterocycles. The van der Waals surface area contributed by atoms with Crippen LogP contribution in [0.15, 0.2) is 94.9 Å². The van der Waals surface area contributed by atoms with Gasteiger partial charge in [-0.1, -0.05) is 83.8 Å². The molecule has 8 heteroatoms. The zero-order chi connectivity index (χ0) is 25.5. The van der Waals surface area contributed by atoms with E-state index in [1.54, 1.807) is 23.1 Å². The van der Waals surface area contributed by atoms with Crippen LogP contribution >= 0.6 is 23.1 Å². The maximum Gasteiger partial charge on any atom is 0.370 e. The molecular weight excluding hydrogens is 504 g/mol. The van der Waals surface area contributed by atoms with Crippen LogP contribution in [0.1, 0.15) is 5.01 Å². The number of rotatable bonds is 6. The van der Waals surface area contributed by atoms with Crippen molar-refractivity contribution in [2.75, 3.05) is 11.4 Å². The van der Waals surface area contributed by atoms with E-state index in [0.29, 0.717) is 0 Å². The second-order valence-corrected chi connectivity index (χ2v) is 10.7. The maximum absolute atomic E-state index is 11.7. The van der Waals surface area contributed by atoms with E-state index in [0.717, 1.165) is 52.4 Å². The van der Waals surface area contributed by atoms with Crippen molar-refractivity contribution in [2.45, 2.75) is 11.4 Å². The Morgan fingerprint density at radius 1 is 0.865 bits per heavy atom. The van der Waals surface area contributed by atoms with E-state index in [4.69, 9.17) is 0 Å². The molecule has 5 aromatic rings. The number of fused-ring (bicyclic) bond motifs is 6. The lowest BCUT2D eigenvalue weighted by atomic mass is 10.1. The molecule has 2 heterocycles. The van der Waals surface area contributed by atoms with Crippen LogP contribution in [0.5, 0.6) is 0 Å². The van der Waals surface area contributed by atoms with Gasteiger partial charge in [0.05, 0.1) is 10.7 Å². The van der Waals surface area contributed by atoms with Gasteiger partial charge in [-0.15, -0.1) is 0 Å². The number of carboxylic acids is 2. The summed E-state index contributed by atoms with van der Waals surface area (Å²) >= 11 is 3.10. The Labute approximate surface area is 220 Å². The minimum atomic E-state index is -0.910. The first-order chi connectivity index (χ1) is 18.0. The SMILES string of the molecule is O=C(O)CN1C(=CC=Cc2sc3c4ccccc4ccc3[n+]2CC(=O)O)Sc2c1ccc1ccccc21. The molecule has 0 spiro atoms. The van der Waals surface area contributed by atoms with Gasteiger partial charge in [0.1, 0.15) is 11.2 Å². The maximum atomic E-state index is 11.7. The fraction of sp³-hybridized carbons (Fsp3) is 0.0690. The summed E-state index contributed by atoms with van der Waals surface area (Å²) in [5.41, 5.74) is 1.75. The predicted octanol–water partition coefficient (Wildman–Crippen LogP) is 6.13. The average molecular weight is 526 g/mol. The molecule has 0 radical (unpaired) electrons. The predicted molar refractivity (Wildman–Crippen MR) is 149 cm³/mol. The lowest BCUT2D eigenvalue weighted by Gasteiger charge is -2.17. The second kappa shape index (κ2) is 9.38. The zero-order valence-electron chi connectivity index (χ0n) is 19.5. The highest BCUT2D eigenvalue weighted by molar-refractivity contribution is 8.04. The molecule has 0 aliphatic carbocycles. The van der Waals surface area contributed by atoms with Crippen LogP contribution in [-0.2, 0) is 16.1 Å². The summed E-state index contributed by atoms with van der Waals surface area (Å²) in [4.78, 5) is 26.2. The number of carbonyl (C=O) groups is 2. The van der Waals surface area contributed by atoms with Gasteiger partial charge in [-0.3, -0.25) is 4.79 Å². The van der Waals surface area contributed by atoms with E-state index >= 15 is 0 Å². The molecule has 0 fully saturated rings. The number of allylic oxidation sites excluding steroid dienone is 2. The van der Waals surface area contributed by atoms with Crippen LogP contribution in [0.4, 0.5) is 5.69 Å². The minimum absolute atomic E-state index is 0.147. The molecule has 0 saturated carbocycles. The lowest BCUT2D eigenvalue weighted by Crippen LogP contribution is -2.39. The van der Waals surface area contributed by atoms with Gasteiger partial charge >= 0.3 is 11.9 Å². The summed E-state index contributed by atoms with van der Waals surface area (Å²) in [5.74, 6) is -1.82. The van der Waals surface area contributed by atoms with Crippen molar-refractivity contribution < 1.29 is 24.4 Å². The van der Waals surface area contributed by atoms with E-state index < -0.39 is 11.9 Å². The van der Waals surface area contributed by atoms with E-state index in [2.05, 4.69) is 12.1 Å². The third-order valence-corrected chi connectivity index (χ3v) is 8.71. The van der Waals surface area contributed by atoms with Crippen LogP contribution in [0.3, 0.4) is 0 Å². The Morgan fingerprint density at radius 3 is 2.32 bits per heavy atom. The van der Waals surface area contributed by atoms with Gasteiger partial charge in [0.15, 0.2) is 0 Å². The number of aliphatic carboxylic acids is 2. The molecule has 1 aromatic heterocycles. The topological polar surface area (TPSA) is 81.7 Å². The Morgan fingerprint density at radius 2 is 1.57 bits per heavy atom. The first-order valence-corrected chi connectivity index (χ1v) is 13.3. The average Bonchev–Trinajstić information content (AvgIpc) is 3.41. The molecule has 6 rings (SSSR count). The number of benzene rings is 4. The number of anilines is 1. The van der Waals surface area contributed by atoms with Gasteiger partial charge in [-0.05, 0) is 34.4 Å². The first-order valence-electron chi connectivity index (χ1n) is 11.6. The molecule has 37 heavy (non-hydrogen) atoms. The number of hydrogen-bond acceptors (Lipinski definition) is 5. The van der Waals surface area contributed by atoms with Crippen LogP contribution in [0.2, 0.25) is 0 Å². The van der Waals surface area contributed by atoms with Gasteiger partial charge in [0.25, 0.3) is 5.01 Å². The van der Waals surface area contributed by atoms with Gasteiger partial charge in [-0.25, -0.2) is 4.79 Å².